The number of aromatic hydroxyl groups is 1. The molecular weight excluding hydrogens is 438 g/mol. The minimum atomic E-state index is -0.0335. The molecule has 0 saturated carbocycles. The van der Waals surface area contributed by atoms with E-state index in [9.17, 15) is 5.11 Å². The quantitative estimate of drug-likeness (QED) is 0.509. The number of ether oxygens (including phenoxy) is 3. The Labute approximate surface area is 197 Å². The van der Waals surface area contributed by atoms with Crippen LogP contribution in [0.4, 0.5) is 17.3 Å². The van der Waals surface area contributed by atoms with Crippen LogP contribution < -0.4 is 9.64 Å². The molecule has 2 aromatic heterocycles. The van der Waals surface area contributed by atoms with Crippen molar-refractivity contribution >= 4 is 28.2 Å². The highest BCUT2D eigenvalue weighted by molar-refractivity contribution is 5.94. The van der Waals surface area contributed by atoms with Crippen LogP contribution in [0.25, 0.3) is 10.9 Å². The first kappa shape index (κ1) is 22.5. The Bertz CT molecular complexity index is 1150. The van der Waals surface area contributed by atoms with E-state index in [2.05, 4.69) is 35.0 Å². The van der Waals surface area contributed by atoms with Crippen molar-refractivity contribution < 1.29 is 19.3 Å². The van der Waals surface area contributed by atoms with Crippen molar-refractivity contribution in [2.75, 3.05) is 70.7 Å². The van der Waals surface area contributed by atoms with Crippen molar-refractivity contribution in [2.24, 2.45) is 10.2 Å². The number of nitrogens with zero attached hydrogens (tertiary/aromatic N) is 6. The number of nitrogens with one attached hydrogen (secondary N) is 1. The van der Waals surface area contributed by atoms with Crippen LogP contribution >= 0.6 is 0 Å². The number of aromatic amines is 1. The summed E-state index contributed by atoms with van der Waals surface area (Å²) in [6, 6.07) is 7.87. The lowest BCUT2D eigenvalue weighted by atomic mass is 10.2. The molecule has 0 aliphatic carbocycles. The van der Waals surface area contributed by atoms with E-state index in [4.69, 9.17) is 14.2 Å². The Morgan fingerprint density at radius 1 is 1.03 bits per heavy atom. The molecule has 2 aliphatic heterocycles. The Morgan fingerprint density at radius 2 is 1.79 bits per heavy atom. The van der Waals surface area contributed by atoms with E-state index in [1.165, 1.54) is 0 Å². The van der Waals surface area contributed by atoms with E-state index in [1.807, 2.05) is 25.1 Å². The monoisotopic (exact) mass is 467 g/mol. The minimum absolute atomic E-state index is 0.0335. The summed E-state index contributed by atoms with van der Waals surface area (Å²) < 4.78 is 16.8. The average molecular weight is 468 g/mol. The van der Waals surface area contributed by atoms with Gasteiger partial charge in [-0.15, -0.1) is 10.2 Å². The number of azo groups is 1. The first-order valence-corrected chi connectivity index (χ1v) is 11.5. The third kappa shape index (κ3) is 5.27. The van der Waals surface area contributed by atoms with Crippen LogP contribution in [0.1, 0.15) is 5.56 Å². The van der Waals surface area contributed by atoms with Gasteiger partial charge in [-0.1, -0.05) is 11.6 Å². The van der Waals surface area contributed by atoms with Gasteiger partial charge >= 0.3 is 6.01 Å². The zero-order valence-electron chi connectivity index (χ0n) is 19.2. The summed E-state index contributed by atoms with van der Waals surface area (Å²) in [7, 11) is 0. The first-order chi connectivity index (χ1) is 16.7. The van der Waals surface area contributed by atoms with Crippen molar-refractivity contribution in [1.82, 2.24) is 19.9 Å². The number of rotatable bonds is 7. The van der Waals surface area contributed by atoms with E-state index in [-0.39, 0.29) is 11.9 Å². The molecule has 11 nitrogen and oxygen atoms in total. The van der Waals surface area contributed by atoms with Crippen LogP contribution in [0, 0.1) is 6.92 Å². The fourth-order valence-corrected chi connectivity index (χ4v) is 4.04. The molecule has 180 valence electrons. The van der Waals surface area contributed by atoms with Crippen molar-refractivity contribution in [1.29, 1.82) is 0 Å². The van der Waals surface area contributed by atoms with E-state index in [0.29, 0.717) is 37.1 Å². The number of morpholine rings is 2. The summed E-state index contributed by atoms with van der Waals surface area (Å²) in [6.07, 6.45) is 0. The van der Waals surface area contributed by atoms with E-state index in [1.54, 1.807) is 6.07 Å². The van der Waals surface area contributed by atoms with E-state index in [0.717, 1.165) is 62.4 Å². The number of benzene rings is 1. The molecule has 1 aromatic carbocycles. The van der Waals surface area contributed by atoms with Crippen molar-refractivity contribution in [2.45, 2.75) is 6.92 Å². The Balaban J connectivity index is 1.38. The van der Waals surface area contributed by atoms with Gasteiger partial charge in [0.2, 0.25) is 5.88 Å². The zero-order valence-corrected chi connectivity index (χ0v) is 19.2. The van der Waals surface area contributed by atoms with Crippen LogP contribution in [-0.4, -0.2) is 90.7 Å². The third-order valence-electron chi connectivity index (χ3n) is 5.92. The molecule has 0 amide bonds. The van der Waals surface area contributed by atoms with Crippen molar-refractivity contribution in [3.05, 3.63) is 29.8 Å². The highest BCUT2D eigenvalue weighted by atomic mass is 16.5. The summed E-state index contributed by atoms with van der Waals surface area (Å²) in [5.74, 6) is 1.04. The average Bonchev–Trinajstić information content (AvgIpc) is 3.18. The highest BCUT2D eigenvalue weighted by Crippen LogP contribution is 2.37. The number of aryl methyl sites for hydroxylation is 1. The molecule has 5 rings (SSSR count). The maximum atomic E-state index is 10.4. The van der Waals surface area contributed by atoms with Gasteiger partial charge in [0, 0.05) is 44.2 Å². The molecule has 2 aliphatic rings. The van der Waals surface area contributed by atoms with Crippen LogP contribution in [0.5, 0.6) is 11.9 Å². The van der Waals surface area contributed by atoms with Gasteiger partial charge in [0.1, 0.15) is 12.4 Å². The molecule has 0 atom stereocenters. The number of hydrogen-bond acceptors (Lipinski definition) is 10. The predicted octanol–water partition coefficient (Wildman–Crippen LogP) is 2.93. The predicted molar refractivity (Wildman–Crippen MR) is 127 cm³/mol. The molecule has 34 heavy (non-hydrogen) atoms. The fourth-order valence-electron chi connectivity index (χ4n) is 4.04. The first-order valence-electron chi connectivity index (χ1n) is 11.5. The zero-order chi connectivity index (χ0) is 23.3. The third-order valence-corrected chi connectivity index (χ3v) is 5.92. The maximum Gasteiger partial charge on any atom is 0.320 e. The number of hydrogen-bond donors (Lipinski definition) is 2. The second kappa shape index (κ2) is 10.3. The van der Waals surface area contributed by atoms with Gasteiger partial charge in [0.15, 0.2) is 11.5 Å². The molecule has 4 heterocycles. The lowest BCUT2D eigenvalue weighted by Crippen LogP contribution is -2.38. The Hall–Kier alpha value is -3.28. The molecule has 2 N–H and O–H groups in total. The van der Waals surface area contributed by atoms with Gasteiger partial charge < -0.3 is 29.2 Å². The van der Waals surface area contributed by atoms with Gasteiger partial charge in [0.25, 0.3) is 0 Å². The Morgan fingerprint density at radius 3 is 2.59 bits per heavy atom. The molecule has 3 aromatic rings. The number of fused-ring (bicyclic) bond motifs is 1. The smallest absolute Gasteiger partial charge is 0.320 e. The summed E-state index contributed by atoms with van der Waals surface area (Å²) in [6.45, 7) is 9.22. The Kier molecular flexibility index (Phi) is 6.84. The molecule has 2 saturated heterocycles. The molecule has 0 unspecified atom stereocenters. The number of H-pyrrole nitrogens is 1. The minimum Gasteiger partial charge on any atom is -0.493 e. The summed E-state index contributed by atoms with van der Waals surface area (Å²) in [4.78, 5) is 16.4. The van der Waals surface area contributed by atoms with Gasteiger partial charge in [-0.05, 0) is 19.1 Å². The van der Waals surface area contributed by atoms with Crippen LogP contribution in [0.3, 0.4) is 0 Å². The van der Waals surface area contributed by atoms with Crippen molar-refractivity contribution in [3.63, 3.8) is 0 Å². The second-order valence-corrected chi connectivity index (χ2v) is 8.34. The largest absolute Gasteiger partial charge is 0.493 e. The molecular formula is C23H29N7O4. The molecule has 0 spiro atoms. The lowest BCUT2D eigenvalue weighted by molar-refractivity contribution is 0.0317. The van der Waals surface area contributed by atoms with E-state index < -0.39 is 0 Å². The summed E-state index contributed by atoms with van der Waals surface area (Å²) >= 11 is 0. The van der Waals surface area contributed by atoms with Crippen LogP contribution in [0.2, 0.25) is 0 Å². The van der Waals surface area contributed by atoms with Gasteiger partial charge in [-0.25, -0.2) is 0 Å². The number of aromatic nitrogens is 3. The van der Waals surface area contributed by atoms with Gasteiger partial charge in [-0.3, -0.25) is 4.90 Å². The molecule has 0 radical (unpaired) electrons. The maximum absolute atomic E-state index is 10.4. The topological polar surface area (TPSA) is 121 Å². The highest BCUT2D eigenvalue weighted by Gasteiger charge is 2.17. The van der Waals surface area contributed by atoms with Gasteiger partial charge in [0.05, 0.1) is 31.9 Å². The van der Waals surface area contributed by atoms with Crippen LogP contribution in [0.15, 0.2) is 34.5 Å². The SMILES string of the molecule is Cc1ccc2[nH]c(O)c(N=Nc3cc(N4CCOCC4)nc(OCCN4CCOCC4)n3)c2c1. The lowest BCUT2D eigenvalue weighted by Gasteiger charge is -2.28. The van der Waals surface area contributed by atoms with Crippen molar-refractivity contribution in [3.8, 4) is 11.9 Å². The van der Waals surface area contributed by atoms with Gasteiger partial charge in [-0.2, -0.15) is 9.97 Å². The summed E-state index contributed by atoms with van der Waals surface area (Å²) in [5.41, 5.74) is 2.23. The molecule has 2 fully saturated rings. The second-order valence-electron chi connectivity index (χ2n) is 8.34. The van der Waals surface area contributed by atoms with E-state index >= 15 is 0 Å². The standard InChI is InChI=1S/C23H29N7O4/c1-16-2-3-18-17(14-16)21(22(31)24-18)28-27-19-15-20(30-7-11-33-12-8-30)26-23(25-19)34-13-6-29-4-9-32-10-5-29/h2-3,14-15,24,31H,4-13H2,1H3. The fraction of sp³-hybridized carbons (Fsp3) is 0.478. The normalized spacial score (nSPS) is 17.6. The summed E-state index contributed by atoms with van der Waals surface area (Å²) in [5, 5.41) is 19.8. The number of anilines is 1. The van der Waals surface area contributed by atoms with Crippen LogP contribution in [-0.2, 0) is 9.47 Å². The molecule has 0 bridgehead atoms. The molecule has 11 heteroatoms.